The summed E-state index contributed by atoms with van der Waals surface area (Å²) in [7, 11) is 0. The summed E-state index contributed by atoms with van der Waals surface area (Å²) in [5.74, 6) is 0. The van der Waals surface area contributed by atoms with Gasteiger partial charge in [-0.1, -0.05) is 50.4 Å². The van der Waals surface area contributed by atoms with E-state index in [9.17, 15) is 0 Å². The lowest BCUT2D eigenvalue weighted by molar-refractivity contribution is -0.0171. The summed E-state index contributed by atoms with van der Waals surface area (Å²) in [5.41, 5.74) is 0.421. The number of hydrogen-bond donors (Lipinski definition) is 0. The molecule has 0 saturated carbocycles. The third-order valence-electron chi connectivity index (χ3n) is 3.40. The molecule has 2 aromatic rings. The van der Waals surface area contributed by atoms with Crippen LogP contribution in [-0.2, 0) is 16.9 Å². The van der Waals surface area contributed by atoms with E-state index in [1.54, 1.807) is 16.9 Å². The summed E-state index contributed by atoms with van der Waals surface area (Å²) < 4.78 is 7.83. The van der Waals surface area contributed by atoms with Crippen molar-refractivity contribution in [3.63, 3.8) is 0 Å². The van der Waals surface area contributed by atoms with E-state index < -0.39 is 5.60 Å². The highest BCUT2D eigenvalue weighted by molar-refractivity contribution is 9.09. The fraction of sp³-hybridized carbons (Fsp3) is 0.385. The number of alkyl halides is 1. The smallest absolute Gasteiger partial charge is 0.115 e. The lowest BCUT2D eigenvalue weighted by Crippen LogP contribution is -2.32. The van der Waals surface area contributed by atoms with Gasteiger partial charge in [0.1, 0.15) is 5.60 Å². The molecule has 1 fully saturated rings. The average Bonchev–Trinajstić information content (AvgIpc) is 3.00. The van der Waals surface area contributed by atoms with Gasteiger partial charge >= 0.3 is 0 Å². The molecule has 1 aromatic carbocycles. The summed E-state index contributed by atoms with van der Waals surface area (Å²) in [4.78, 5) is 0.290. The fourth-order valence-corrected chi connectivity index (χ4v) is 3.78. The van der Waals surface area contributed by atoms with Crippen molar-refractivity contribution in [2.45, 2.75) is 23.4 Å². The second-order valence-electron chi connectivity index (χ2n) is 4.83. The van der Waals surface area contributed by atoms with Crippen LogP contribution in [0.2, 0.25) is 10.0 Å². The Balaban J connectivity index is 2.01. The minimum Gasteiger partial charge on any atom is -0.367 e. The Hall–Kier alpha value is -0.620. The molecule has 1 aromatic heterocycles. The molecule has 2 unspecified atom stereocenters. The summed E-state index contributed by atoms with van der Waals surface area (Å²) in [6.07, 6.45) is 4.28. The lowest BCUT2D eigenvalue weighted by atomic mass is 9.90. The Morgan fingerprint density at radius 1 is 1.45 bits per heavy atom. The highest BCUT2D eigenvalue weighted by Gasteiger charge is 2.43. The molecule has 20 heavy (non-hydrogen) atoms. The summed E-state index contributed by atoms with van der Waals surface area (Å²) in [6, 6.07) is 5.50. The van der Waals surface area contributed by atoms with Gasteiger partial charge in [-0.25, -0.2) is 4.68 Å². The molecule has 0 N–H and O–H groups in total. The number of rotatable bonds is 3. The second kappa shape index (κ2) is 5.64. The predicted octanol–water partition coefficient (Wildman–Crippen LogP) is 3.66. The molecule has 1 saturated heterocycles. The lowest BCUT2D eigenvalue weighted by Gasteiger charge is -2.29. The number of nitrogens with zero attached hydrogens (tertiary/aromatic N) is 3. The number of aromatic nitrogens is 3. The van der Waals surface area contributed by atoms with Crippen LogP contribution < -0.4 is 0 Å². The highest BCUT2D eigenvalue weighted by Crippen LogP contribution is 2.43. The molecule has 1 aliphatic rings. The van der Waals surface area contributed by atoms with Gasteiger partial charge in [0.05, 0.1) is 19.3 Å². The Bertz CT molecular complexity index is 608. The van der Waals surface area contributed by atoms with Crippen LogP contribution in [0.3, 0.4) is 0 Å². The van der Waals surface area contributed by atoms with Crippen LogP contribution in [0.5, 0.6) is 0 Å². The van der Waals surface area contributed by atoms with E-state index in [4.69, 9.17) is 27.9 Å². The number of hydrogen-bond acceptors (Lipinski definition) is 3. The van der Waals surface area contributed by atoms with Gasteiger partial charge in [-0.05, 0) is 18.6 Å². The molecule has 0 spiro atoms. The van der Waals surface area contributed by atoms with Gasteiger partial charge in [0.15, 0.2) is 0 Å². The van der Waals surface area contributed by atoms with Crippen LogP contribution in [0.4, 0.5) is 0 Å². The van der Waals surface area contributed by atoms with Crippen molar-refractivity contribution >= 4 is 39.1 Å². The topological polar surface area (TPSA) is 39.9 Å². The zero-order valence-corrected chi connectivity index (χ0v) is 13.6. The molecule has 0 aliphatic carbocycles. The monoisotopic (exact) mass is 375 g/mol. The first-order valence-corrected chi connectivity index (χ1v) is 7.84. The Labute approximate surface area is 135 Å². The first kappa shape index (κ1) is 14.3. The van der Waals surface area contributed by atoms with E-state index >= 15 is 0 Å². The molecule has 0 bridgehead atoms. The zero-order chi connectivity index (χ0) is 14.2. The molecular weight excluding hydrogens is 365 g/mol. The third-order valence-corrected chi connectivity index (χ3v) is 4.54. The number of ether oxygens (including phenoxy) is 1. The number of halogens is 3. The quantitative estimate of drug-likeness (QED) is 0.767. The minimum atomic E-state index is -0.510. The van der Waals surface area contributed by atoms with Gasteiger partial charge in [-0.15, -0.1) is 5.10 Å². The maximum atomic E-state index is 6.36. The molecule has 4 nitrogen and oxygen atoms in total. The van der Waals surface area contributed by atoms with Crippen LogP contribution in [-0.4, -0.2) is 26.4 Å². The minimum absolute atomic E-state index is 0.290. The van der Waals surface area contributed by atoms with E-state index in [0.717, 1.165) is 12.0 Å². The van der Waals surface area contributed by atoms with Gasteiger partial charge in [-0.2, -0.15) is 0 Å². The zero-order valence-electron chi connectivity index (χ0n) is 10.5. The van der Waals surface area contributed by atoms with Gasteiger partial charge in [-0.3, -0.25) is 0 Å². The Morgan fingerprint density at radius 3 is 2.90 bits per heavy atom. The molecule has 0 amide bonds. The van der Waals surface area contributed by atoms with E-state index in [2.05, 4.69) is 26.2 Å². The molecule has 0 radical (unpaired) electrons. The predicted molar refractivity (Wildman–Crippen MR) is 81.4 cm³/mol. The van der Waals surface area contributed by atoms with Crippen molar-refractivity contribution in [1.82, 2.24) is 15.0 Å². The van der Waals surface area contributed by atoms with Crippen molar-refractivity contribution in [2.24, 2.45) is 0 Å². The standard InChI is InChI=1S/C13H12BrCl2N3O/c14-9-6-13(20-7-9,8-19-4-3-17-18-19)11-2-1-10(15)5-12(11)16/h1-5,9H,6-8H2. The molecule has 106 valence electrons. The molecule has 7 heteroatoms. The van der Waals surface area contributed by atoms with Gasteiger partial charge in [0.25, 0.3) is 0 Å². The molecule has 1 aliphatic heterocycles. The van der Waals surface area contributed by atoms with Crippen molar-refractivity contribution in [2.75, 3.05) is 6.61 Å². The first-order valence-electron chi connectivity index (χ1n) is 6.17. The third kappa shape index (κ3) is 2.72. The second-order valence-corrected chi connectivity index (χ2v) is 6.97. The SMILES string of the molecule is Clc1ccc(C2(Cn3ccnn3)CC(Br)CO2)c(Cl)c1. The van der Waals surface area contributed by atoms with Crippen LogP contribution >= 0.6 is 39.1 Å². The summed E-state index contributed by atoms with van der Waals surface area (Å²) in [6.45, 7) is 1.20. The molecular formula is C13H12BrCl2N3O. The van der Waals surface area contributed by atoms with Gasteiger partial charge < -0.3 is 4.74 Å². The molecule has 2 atom stereocenters. The summed E-state index contributed by atoms with van der Waals surface area (Å²) in [5, 5.41) is 9.09. The van der Waals surface area contributed by atoms with Crippen LogP contribution in [0.15, 0.2) is 30.6 Å². The molecule has 3 rings (SSSR count). The largest absolute Gasteiger partial charge is 0.367 e. The Kier molecular flexibility index (Phi) is 4.04. The van der Waals surface area contributed by atoms with E-state index in [-0.39, 0.29) is 4.83 Å². The van der Waals surface area contributed by atoms with Crippen molar-refractivity contribution in [3.05, 3.63) is 46.2 Å². The maximum absolute atomic E-state index is 6.36. The normalized spacial score (nSPS) is 26.1. The van der Waals surface area contributed by atoms with Crippen molar-refractivity contribution in [3.8, 4) is 0 Å². The Morgan fingerprint density at radius 2 is 2.30 bits per heavy atom. The average molecular weight is 377 g/mol. The van der Waals surface area contributed by atoms with Crippen LogP contribution in [0.25, 0.3) is 0 Å². The van der Waals surface area contributed by atoms with Crippen molar-refractivity contribution in [1.29, 1.82) is 0 Å². The van der Waals surface area contributed by atoms with Crippen LogP contribution in [0.1, 0.15) is 12.0 Å². The van der Waals surface area contributed by atoms with Gasteiger partial charge in [0, 0.05) is 26.6 Å². The van der Waals surface area contributed by atoms with Gasteiger partial charge in [0.2, 0.25) is 0 Å². The first-order chi connectivity index (χ1) is 9.59. The number of benzene rings is 1. The highest BCUT2D eigenvalue weighted by atomic mass is 79.9. The molecule has 2 heterocycles. The summed E-state index contributed by atoms with van der Waals surface area (Å²) >= 11 is 16.0. The van der Waals surface area contributed by atoms with Crippen molar-refractivity contribution < 1.29 is 4.74 Å². The van der Waals surface area contributed by atoms with E-state index in [1.807, 2.05) is 18.3 Å². The van der Waals surface area contributed by atoms with E-state index in [1.165, 1.54) is 0 Å². The van der Waals surface area contributed by atoms with E-state index in [0.29, 0.717) is 23.2 Å². The fourth-order valence-electron chi connectivity index (χ4n) is 2.55. The maximum Gasteiger partial charge on any atom is 0.115 e. The van der Waals surface area contributed by atoms with Crippen LogP contribution in [0, 0.1) is 0 Å².